The first-order valence-corrected chi connectivity index (χ1v) is 5.59. The topological polar surface area (TPSA) is 60.9 Å². The molecule has 0 aromatic carbocycles. The van der Waals surface area contributed by atoms with Gasteiger partial charge in [-0.25, -0.2) is 4.79 Å². The molecule has 0 aliphatic carbocycles. The summed E-state index contributed by atoms with van der Waals surface area (Å²) in [4.78, 5) is 25.3. The van der Waals surface area contributed by atoms with Gasteiger partial charge in [-0.05, 0) is 13.3 Å². The van der Waals surface area contributed by atoms with Gasteiger partial charge >= 0.3 is 12.0 Å². The molecule has 0 rings (SSSR count). The molecule has 0 aliphatic heterocycles. The largest absolute Gasteiger partial charge is 0.481 e. The van der Waals surface area contributed by atoms with E-state index in [9.17, 15) is 9.59 Å². The predicted molar refractivity (Wildman–Crippen MR) is 62.4 cm³/mol. The van der Waals surface area contributed by atoms with Crippen molar-refractivity contribution in [3.05, 3.63) is 0 Å². The van der Waals surface area contributed by atoms with Crippen LogP contribution in [0.25, 0.3) is 0 Å². The molecule has 0 saturated heterocycles. The summed E-state index contributed by atoms with van der Waals surface area (Å²) >= 11 is 0. The highest BCUT2D eigenvalue weighted by molar-refractivity contribution is 5.75. The van der Waals surface area contributed by atoms with Crippen LogP contribution in [0, 0.1) is 0 Å². The van der Waals surface area contributed by atoms with Crippen molar-refractivity contribution in [1.29, 1.82) is 0 Å². The van der Waals surface area contributed by atoms with Gasteiger partial charge in [0.25, 0.3) is 0 Å². The number of carboxylic acid groups (broad SMARTS) is 1. The zero-order valence-corrected chi connectivity index (χ0v) is 10.6. The fourth-order valence-electron chi connectivity index (χ4n) is 1.43. The second-order valence-corrected chi connectivity index (χ2v) is 4.10. The second-order valence-electron chi connectivity index (χ2n) is 4.10. The molecule has 1 unspecified atom stereocenters. The average molecular weight is 230 g/mol. The molecule has 16 heavy (non-hydrogen) atoms. The summed E-state index contributed by atoms with van der Waals surface area (Å²) in [6.45, 7) is 4.31. The Morgan fingerprint density at radius 2 is 1.88 bits per heavy atom. The summed E-state index contributed by atoms with van der Waals surface area (Å²) in [5.41, 5.74) is 0. The van der Waals surface area contributed by atoms with Crippen LogP contribution in [0.3, 0.4) is 0 Å². The Kier molecular flexibility index (Phi) is 6.53. The van der Waals surface area contributed by atoms with Crippen molar-refractivity contribution in [2.75, 3.05) is 20.6 Å². The summed E-state index contributed by atoms with van der Waals surface area (Å²) in [5, 5.41) is 8.52. The van der Waals surface area contributed by atoms with Crippen LogP contribution in [0.1, 0.15) is 33.1 Å². The van der Waals surface area contributed by atoms with E-state index in [-0.39, 0.29) is 25.0 Å². The first-order chi connectivity index (χ1) is 7.40. The minimum Gasteiger partial charge on any atom is -0.481 e. The van der Waals surface area contributed by atoms with Crippen molar-refractivity contribution in [3.8, 4) is 0 Å². The van der Waals surface area contributed by atoms with Crippen LogP contribution >= 0.6 is 0 Å². The maximum Gasteiger partial charge on any atom is 0.319 e. The molecule has 0 bridgehead atoms. The number of carboxylic acids is 1. The van der Waals surface area contributed by atoms with Crippen LogP contribution in [0.2, 0.25) is 0 Å². The Labute approximate surface area is 97.0 Å². The molecule has 1 N–H and O–H groups in total. The van der Waals surface area contributed by atoms with Crippen LogP contribution < -0.4 is 0 Å². The number of rotatable bonds is 6. The van der Waals surface area contributed by atoms with Crippen molar-refractivity contribution in [2.24, 2.45) is 0 Å². The molecule has 0 saturated carbocycles. The maximum absolute atomic E-state index is 11.8. The fraction of sp³-hybridized carbons (Fsp3) is 0.818. The summed E-state index contributed by atoms with van der Waals surface area (Å²) < 4.78 is 0. The van der Waals surface area contributed by atoms with E-state index in [0.717, 1.165) is 12.8 Å². The summed E-state index contributed by atoms with van der Waals surface area (Å²) in [6.07, 6.45) is 1.96. The molecule has 94 valence electrons. The minimum absolute atomic E-state index is 0.0156. The summed E-state index contributed by atoms with van der Waals surface area (Å²) in [5.74, 6) is -0.885. The Hall–Kier alpha value is -1.26. The standard InChI is InChI=1S/C11H22N2O3/c1-5-6-9(2)13(4)11(16)12(3)8-7-10(14)15/h9H,5-8H2,1-4H3,(H,14,15). The molecule has 2 amide bonds. The number of amides is 2. The highest BCUT2D eigenvalue weighted by Gasteiger charge is 2.18. The van der Waals surface area contributed by atoms with E-state index < -0.39 is 5.97 Å². The van der Waals surface area contributed by atoms with Gasteiger partial charge in [0.15, 0.2) is 0 Å². The smallest absolute Gasteiger partial charge is 0.319 e. The molecule has 5 nitrogen and oxygen atoms in total. The average Bonchev–Trinajstić information content (AvgIpc) is 2.23. The van der Waals surface area contributed by atoms with Gasteiger partial charge in [-0.1, -0.05) is 13.3 Å². The van der Waals surface area contributed by atoms with E-state index in [4.69, 9.17) is 5.11 Å². The van der Waals surface area contributed by atoms with Gasteiger partial charge in [0, 0.05) is 26.7 Å². The van der Waals surface area contributed by atoms with Gasteiger partial charge in [-0.3, -0.25) is 4.79 Å². The lowest BCUT2D eigenvalue weighted by molar-refractivity contribution is -0.137. The predicted octanol–water partition coefficient (Wildman–Crippen LogP) is 1.63. The third kappa shape index (κ3) is 5.00. The SMILES string of the molecule is CCCC(C)N(C)C(=O)N(C)CCC(=O)O. The Bertz CT molecular complexity index is 243. The van der Waals surface area contributed by atoms with E-state index in [0.29, 0.717) is 0 Å². The van der Waals surface area contributed by atoms with E-state index in [2.05, 4.69) is 6.92 Å². The molecular weight excluding hydrogens is 208 g/mol. The zero-order chi connectivity index (χ0) is 12.7. The number of hydrogen-bond donors (Lipinski definition) is 1. The first kappa shape index (κ1) is 14.7. The van der Waals surface area contributed by atoms with Crippen LogP contribution in [-0.4, -0.2) is 53.6 Å². The van der Waals surface area contributed by atoms with Crippen molar-refractivity contribution in [3.63, 3.8) is 0 Å². The van der Waals surface area contributed by atoms with E-state index >= 15 is 0 Å². The quantitative estimate of drug-likeness (QED) is 0.754. The van der Waals surface area contributed by atoms with Crippen molar-refractivity contribution >= 4 is 12.0 Å². The van der Waals surface area contributed by atoms with Gasteiger partial charge in [0.1, 0.15) is 0 Å². The van der Waals surface area contributed by atoms with Crippen molar-refractivity contribution in [1.82, 2.24) is 9.80 Å². The molecular formula is C11H22N2O3. The van der Waals surface area contributed by atoms with Gasteiger partial charge < -0.3 is 14.9 Å². The molecule has 0 fully saturated rings. The van der Waals surface area contributed by atoms with E-state index in [1.165, 1.54) is 4.90 Å². The lowest BCUT2D eigenvalue weighted by atomic mass is 10.2. The third-order valence-corrected chi connectivity index (χ3v) is 2.66. The number of carbonyl (C=O) groups excluding carboxylic acids is 1. The maximum atomic E-state index is 11.8. The highest BCUT2D eigenvalue weighted by atomic mass is 16.4. The number of hydrogen-bond acceptors (Lipinski definition) is 2. The van der Waals surface area contributed by atoms with Crippen LogP contribution in [-0.2, 0) is 4.79 Å². The second kappa shape index (κ2) is 7.09. The highest BCUT2D eigenvalue weighted by Crippen LogP contribution is 2.06. The molecule has 0 aromatic heterocycles. The Balaban J connectivity index is 4.15. The lowest BCUT2D eigenvalue weighted by Gasteiger charge is -2.29. The van der Waals surface area contributed by atoms with Gasteiger partial charge in [0.2, 0.25) is 0 Å². The molecule has 0 aromatic rings. The van der Waals surface area contributed by atoms with Crippen LogP contribution in [0.4, 0.5) is 4.79 Å². The summed E-state index contributed by atoms with van der Waals surface area (Å²) in [7, 11) is 3.38. The number of nitrogens with zero attached hydrogens (tertiary/aromatic N) is 2. The van der Waals surface area contributed by atoms with E-state index in [1.807, 2.05) is 6.92 Å². The zero-order valence-electron chi connectivity index (χ0n) is 10.6. The molecule has 0 aliphatic rings. The van der Waals surface area contributed by atoms with Crippen LogP contribution in [0.15, 0.2) is 0 Å². The normalized spacial score (nSPS) is 12.0. The molecule has 0 radical (unpaired) electrons. The van der Waals surface area contributed by atoms with Gasteiger partial charge in [-0.2, -0.15) is 0 Å². The fourth-order valence-corrected chi connectivity index (χ4v) is 1.43. The van der Waals surface area contributed by atoms with Gasteiger partial charge in [-0.15, -0.1) is 0 Å². The molecule has 1 atom stereocenters. The monoisotopic (exact) mass is 230 g/mol. The molecule has 0 spiro atoms. The minimum atomic E-state index is -0.885. The third-order valence-electron chi connectivity index (χ3n) is 2.66. The van der Waals surface area contributed by atoms with Crippen molar-refractivity contribution in [2.45, 2.75) is 39.2 Å². The number of aliphatic carboxylic acids is 1. The van der Waals surface area contributed by atoms with Gasteiger partial charge in [0.05, 0.1) is 6.42 Å². The number of urea groups is 1. The number of carbonyl (C=O) groups is 2. The van der Waals surface area contributed by atoms with Crippen LogP contribution in [0.5, 0.6) is 0 Å². The van der Waals surface area contributed by atoms with E-state index in [1.54, 1.807) is 19.0 Å². The Morgan fingerprint density at radius 1 is 1.31 bits per heavy atom. The van der Waals surface area contributed by atoms with Crippen molar-refractivity contribution < 1.29 is 14.7 Å². The Morgan fingerprint density at radius 3 is 2.31 bits per heavy atom. The molecule has 0 heterocycles. The lowest BCUT2D eigenvalue weighted by Crippen LogP contribution is -2.43. The summed E-state index contributed by atoms with van der Waals surface area (Å²) in [6, 6.07) is 0.0620. The molecule has 5 heteroatoms. The first-order valence-electron chi connectivity index (χ1n) is 5.59.